The number of carbonyl (C=O) groups is 1. The van der Waals surface area contributed by atoms with Gasteiger partial charge in [0.2, 0.25) is 0 Å². The molecule has 1 saturated heterocycles. The quantitative estimate of drug-likeness (QED) is 0.675. The van der Waals surface area contributed by atoms with Crippen LogP contribution in [-0.4, -0.2) is 66.8 Å². The van der Waals surface area contributed by atoms with E-state index >= 15 is 0 Å². The molecular weight excluding hydrogens is 242 g/mol. The number of likely N-dealkylation sites (tertiary alicyclic amines) is 1. The summed E-state index contributed by atoms with van der Waals surface area (Å²) in [7, 11) is 0. The van der Waals surface area contributed by atoms with Crippen LogP contribution in [0, 0.1) is 5.92 Å². The Morgan fingerprint density at radius 1 is 1.63 bits per heavy atom. The van der Waals surface area contributed by atoms with Crippen molar-refractivity contribution in [1.82, 2.24) is 15.1 Å². The number of urea groups is 1. The van der Waals surface area contributed by atoms with Gasteiger partial charge in [0.25, 0.3) is 0 Å². The second-order valence-corrected chi connectivity index (χ2v) is 5.24. The first kappa shape index (κ1) is 16.0. The molecule has 0 aromatic carbocycles. The molecule has 0 radical (unpaired) electrons. The molecule has 19 heavy (non-hydrogen) atoms. The van der Waals surface area contributed by atoms with Crippen molar-refractivity contribution in [3.63, 3.8) is 0 Å². The van der Waals surface area contributed by atoms with Crippen LogP contribution in [-0.2, 0) is 0 Å². The van der Waals surface area contributed by atoms with Gasteiger partial charge in [0.15, 0.2) is 0 Å². The van der Waals surface area contributed by atoms with Crippen LogP contribution >= 0.6 is 0 Å². The fourth-order valence-corrected chi connectivity index (χ4v) is 2.47. The summed E-state index contributed by atoms with van der Waals surface area (Å²) in [5.74, 6) is 0.760. The Morgan fingerprint density at radius 2 is 2.42 bits per heavy atom. The highest BCUT2D eigenvalue weighted by Crippen LogP contribution is 2.14. The van der Waals surface area contributed by atoms with Gasteiger partial charge in [0.1, 0.15) is 0 Å². The van der Waals surface area contributed by atoms with E-state index in [0.717, 1.165) is 25.6 Å². The van der Waals surface area contributed by atoms with Crippen LogP contribution < -0.4 is 5.32 Å². The van der Waals surface area contributed by atoms with Crippen molar-refractivity contribution in [3.8, 4) is 0 Å². The smallest absolute Gasteiger partial charge is 0.317 e. The Morgan fingerprint density at radius 3 is 3.05 bits per heavy atom. The van der Waals surface area contributed by atoms with Crippen LogP contribution in [0.5, 0.6) is 0 Å². The van der Waals surface area contributed by atoms with E-state index in [1.807, 2.05) is 0 Å². The fraction of sp³-hybridized carbons (Fsp3) is 0.786. The molecule has 1 atom stereocenters. The molecule has 0 aliphatic carbocycles. The lowest BCUT2D eigenvalue weighted by atomic mass is 10.0. The molecule has 5 heteroatoms. The van der Waals surface area contributed by atoms with Crippen LogP contribution in [0.3, 0.4) is 0 Å². The van der Waals surface area contributed by atoms with Crippen LogP contribution in [0.15, 0.2) is 12.7 Å². The van der Waals surface area contributed by atoms with Crippen molar-refractivity contribution >= 4 is 6.03 Å². The number of hydrogen-bond acceptors (Lipinski definition) is 3. The van der Waals surface area contributed by atoms with Crippen molar-refractivity contribution in [1.29, 1.82) is 0 Å². The lowest BCUT2D eigenvalue weighted by Gasteiger charge is -2.31. The van der Waals surface area contributed by atoms with Crippen LogP contribution in [0.1, 0.15) is 19.8 Å². The topological polar surface area (TPSA) is 55.8 Å². The summed E-state index contributed by atoms with van der Waals surface area (Å²) >= 11 is 0. The van der Waals surface area contributed by atoms with Gasteiger partial charge in [-0.3, -0.25) is 0 Å². The first-order valence-electron chi connectivity index (χ1n) is 7.14. The van der Waals surface area contributed by atoms with Crippen LogP contribution in [0.25, 0.3) is 0 Å². The molecule has 0 spiro atoms. The number of piperidine rings is 1. The van der Waals surface area contributed by atoms with Gasteiger partial charge in [0, 0.05) is 32.7 Å². The van der Waals surface area contributed by atoms with Gasteiger partial charge in [-0.05, 0) is 25.3 Å². The first-order valence-corrected chi connectivity index (χ1v) is 7.14. The van der Waals surface area contributed by atoms with Crippen molar-refractivity contribution in [2.24, 2.45) is 5.92 Å². The molecule has 0 aromatic heterocycles. The van der Waals surface area contributed by atoms with Gasteiger partial charge in [-0.15, -0.1) is 6.58 Å². The highest BCUT2D eigenvalue weighted by molar-refractivity contribution is 5.74. The highest BCUT2D eigenvalue weighted by atomic mass is 16.3. The molecule has 110 valence electrons. The molecule has 0 saturated carbocycles. The molecule has 2 amide bonds. The first-order chi connectivity index (χ1) is 9.17. The number of aliphatic hydroxyl groups excluding tert-OH is 1. The number of aliphatic hydroxyl groups is 1. The normalized spacial score (nSPS) is 20.0. The summed E-state index contributed by atoms with van der Waals surface area (Å²) in [6, 6.07) is -0.126. The number of nitrogens with zero attached hydrogens (tertiary/aromatic N) is 2. The van der Waals surface area contributed by atoms with Crippen molar-refractivity contribution in [2.45, 2.75) is 19.8 Å². The van der Waals surface area contributed by atoms with Crippen molar-refractivity contribution in [3.05, 3.63) is 12.7 Å². The number of nitrogens with one attached hydrogen (secondary N) is 1. The summed E-state index contributed by atoms with van der Waals surface area (Å²) in [6.07, 6.45) is 4.23. The lowest BCUT2D eigenvalue weighted by molar-refractivity contribution is 0.171. The van der Waals surface area contributed by atoms with Crippen molar-refractivity contribution in [2.75, 3.05) is 45.9 Å². The maximum absolute atomic E-state index is 11.9. The zero-order valence-corrected chi connectivity index (χ0v) is 12.0. The minimum absolute atomic E-state index is 0.0229. The van der Waals surface area contributed by atoms with E-state index in [-0.39, 0.29) is 12.6 Å². The number of rotatable bonds is 7. The molecule has 1 fully saturated rings. The van der Waals surface area contributed by atoms with Gasteiger partial charge in [-0.25, -0.2) is 4.79 Å². The van der Waals surface area contributed by atoms with E-state index in [2.05, 4.69) is 23.7 Å². The second kappa shape index (κ2) is 8.93. The summed E-state index contributed by atoms with van der Waals surface area (Å²) in [4.78, 5) is 15.8. The summed E-state index contributed by atoms with van der Waals surface area (Å²) in [5, 5.41) is 11.8. The Kier molecular flexibility index (Phi) is 7.52. The van der Waals surface area contributed by atoms with Gasteiger partial charge in [0.05, 0.1) is 6.61 Å². The van der Waals surface area contributed by atoms with E-state index in [1.165, 1.54) is 12.8 Å². The maximum atomic E-state index is 11.9. The Hall–Kier alpha value is -1.07. The minimum atomic E-state index is -0.126. The van der Waals surface area contributed by atoms with E-state index in [1.54, 1.807) is 11.0 Å². The molecule has 5 nitrogen and oxygen atoms in total. The maximum Gasteiger partial charge on any atom is 0.317 e. The monoisotopic (exact) mass is 269 g/mol. The minimum Gasteiger partial charge on any atom is -0.395 e. The van der Waals surface area contributed by atoms with Gasteiger partial charge in [-0.2, -0.15) is 0 Å². The van der Waals surface area contributed by atoms with E-state index in [9.17, 15) is 4.79 Å². The molecule has 1 aliphatic heterocycles. The molecule has 0 bridgehead atoms. The summed E-state index contributed by atoms with van der Waals surface area (Å²) < 4.78 is 0. The Labute approximate surface area is 116 Å². The molecule has 1 unspecified atom stereocenters. The third-order valence-corrected chi connectivity index (χ3v) is 3.45. The van der Waals surface area contributed by atoms with Gasteiger partial charge < -0.3 is 20.2 Å². The zero-order valence-electron chi connectivity index (χ0n) is 12.0. The lowest BCUT2D eigenvalue weighted by Crippen LogP contribution is -2.45. The molecule has 1 aliphatic rings. The summed E-state index contributed by atoms with van der Waals surface area (Å²) in [5.41, 5.74) is 0. The molecule has 1 rings (SSSR count). The predicted molar refractivity (Wildman–Crippen MR) is 77.1 cm³/mol. The Bertz CT molecular complexity index is 284. The second-order valence-electron chi connectivity index (χ2n) is 5.24. The fourth-order valence-electron chi connectivity index (χ4n) is 2.47. The average Bonchev–Trinajstić information content (AvgIpc) is 2.38. The average molecular weight is 269 g/mol. The molecule has 0 aromatic rings. The van der Waals surface area contributed by atoms with Gasteiger partial charge >= 0.3 is 6.03 Å². The predicted octanol–water partition coefficient (Wildman–Crippen LogP) is 0.908. The van der Waals surface area contributed by atoms with E-state index in [4.69, 9.17) is 5.11 Å². The van der Waals surface area contributed by atoms with Gasteiger partial charge in [-0.1, -0.05) is 13.0 Å². The van der Waals surface area contributed by atoms with E-state index < -0.39 is 0 Å². The van der Waals surface area contributed by atoms with Crippen LogP contribution in [0.4, 0.5) is 4.79 Å². The largest absolute Gasteiger partial charge is 0.395 e. The zero-order chi connectivity index (χ0) is 14.1. The van der Waals surface area contributed by atoms with Crippen LogP contribution in [0.2, 0.25) is 0 Å². The molecular formula is C14H27N3O2. The number of amides is 2. The van der Waals surface area contributed by atoms with Crippen molar-refractivity contribution < 1.29 is 9.90 Å². The highest BCUT2D eigenvalue weighted by Gasteiger charge is 2.16. The summed E-state index contributed by atoms with van der Waals surface area (Å²) in [6.45, 7) is 10.5. The number of carbonyl (C=O) groups excluding carboxylic acids is 1. The number of hydrogen-bond donors (Lipinski definition) is 2. The third-order valence-electron chi connectivity index (χ3n) is 3.45. The van der Waals surface area contributed by atoms with E-state index in [0.29, 0.717) is 19.6 Å². The standard InChI is InChI=1S/C14H27N3O2/c1-3-7-17(10-11-18)14(19)15-6-9-16-8-4-5-13(2)12-16/h3,13,18H,1,4-12H2,2H3,(H,15,19). The third kappa shape index (κ3) is 6.07. The Balaban J connectivity index is 2.22. The molecule has 1 heterocycles. The SMILES string of the molecule is C=CCN(CCO)C(=O)NCCN1CCCC(C)C1. The molecule has 2 N–H and O–H groups in total.